The van der Waals surface area contributed by atoms with Crippen LogP contribution in [0.5, 0.6) is 0 Å². The molecule has 0 aliphatic heterocycles. The third-order valence-corrected chi connectivity index (χ3v) is 3.51. The first-order valence-corrected chi connectivity index (χ1v) is 6.59. The van der Waals surface area contributed by atoms with Crippen molar-refractivity contribution in [3.8, 4) is 6.07 Å². The maximum absolute atomic E-state index is 11.7. The topological polar surface area (TPSA) is 80.0 Å². The number of Topliss-reactive ketones (excluding diaryl/α,β-unsaturated/α-hetero) is 1. The fourth-order valence-corrected chi connectivity index (χ4v) is 2.33. The minimum Gasteiger partial charge on any atom is -0.465 e. The number of rotatable bonds is 5. The van der Waals surface area contributed by atoms with Crippen LogP contribution in [0.15, 0.2) is 17.2 Å². The molecule has 1 aromatic heterocycles. The maximum atomic E-state index is 11.7. The Labute approximate surface area is 116 Å². The van der Waals surface area contributed by atoms with Crippen LogP contribution in [0, 0.1) is 18.3 Å². The fraction of sp³-hybridized carbons (Fsp3) is 0.385. The molecule has 19 heavy (non-hydrogen) atoms. The molecule has 100 valence electrons. The normalized spacial score (nSPS) is 11.5. The summed E-state index contributed by atoms with van der Waals surface area (Å²) >= 11 is 0.953. The molecule has 0 aliphatic rings. The van der Waals surface area contributed by atoms with Gasteiger partial charge in [-0.2, -0.15) is 5.26 Å². The van der Waals surface area contributed by atoms with Crippen molar-refractivity contribution in [1.82, 2.24) is 4.98 Å². The number of ether oxygens (including phenoxy) is 1. The number of nitriles is 1. The molecule has 1 atom stereocenters. The number of thioether (sulfide) groups is 1. The molecule has 0 aromatic carbocycles. The van der Waals surface area contributed by atoms with E-state index < -0.39 is 11.2 Å². The van der Waals surface area contributed by atoms with Crippen molar-refractivity contribution in [3.05, 3.63) is 23.4 Å². The molecule has 0 fully saturated rings. The second kappa shape index (κ2) is 6.90. The molecule has 0 aliphatic carbocycles. The molecule has 0 N–H and O–H groups in total. The van der Waals surface area contributed by atoms with Gasteiger partial charge in [0.2, 0.25) is 0 Å². The molecule has 6 heteroatoms. The third-order valence-electron chi connectivity index (χ3n) is 2.22. The molecule has 1 rings (SSSR count). The van der Waals surface area contributed by atoms with Gasteiger partial charge in [-0.3, -0.25) is 9.59 Å². The number of ketones is 1. The lowest BCUT2D eigenvalue weighted by molar-refractivity contribution is -0.144. The second-order valence-electron chi connectivity index (χ2n) is 3.78. The Morgan fingerprint density at radius 1 is 1.53 bits per heavy atom. The molecule has 5 nitrogen and oxygen atoms in total. The van der Waals surface area contributed by atoms with E-state index in [1.165, 1.54) is 6.92 Å². The number of carbonyl (C=O) groups is 2. The van der Waals surface area contributed by atoms with Gasteiger partial charge in [0.15, 0.2) is 11.0 Å². The van der Waals surface area contributed by atoms with Crippen molar-refractivity contribution in [3.63, 3.8) is 0 Å². The van der Waals surface area contributed by atoms with Crippen molar-refractivity contribution >= 4 is 23.5 Å². The molecular formula is C13H14N2O3S. The van der Waals surface area contributed by atoms with E-state index in [0.717, 1.165) is 11.8 Å². The average Bonchev–Trinajstić information content (AvgIpc) is 2.36. The SMILES string of the molecule is CCOC(=O)[C@H](Sc1nc(C)ccc1C#N)C(C)=O. The molecule has 1 aromatic rings. The van der Waals surface area contributed by atoms with Crippen LogP contribution < -0.4 is 0 Å². The number of hydrogen-bond acceptors (Lipinski definition) is 6. The highest BCUT2D eigenvalue weighted by Gasteiger charge is 2.27. The lowest BCUT2D eigenvalue weighted by Crippen LogP contribution is -2.27. The van der Waals surface area contributed by atoms with Gasteiger partial charge in [-0.25, -0.2) is 4.98 Å². The number of nitrogens with zero attached hydrogens (tertiary/aromatic N) is 2. The van der Waals surface area contributed by atoms with Crippen LogP contribution in [0.1, 0.15) is 25.1 Å². The average molecular weight is 278 g/mol. The predicted octanol–water partition coefficient (Wildman–Crippen LogP) is 1.87. The smallest absolute Gasteiger partial charge is 0.327 e. The van der Waals surface area contributed by atoms with Crippen LogP contribution in [-0.2, 0) is 14.3 Å². The first-order chi connectivity index (χ1) is 8.99. The molecule has 0 saturated carbocycles. The van der Waals surface area contributed by atoms with Crippen LogP contribution in [0.4, 0.5) is 0 Å². The summed E-state index contributed by atoms with van der Waals surface area (Å²) in [7, 11) is 0. The quantitative estimate of drug-likeness (QED) is 0.465. The molecule has 0 spiro atoms. The van der Waals surface area contributed by atoms with Gasteiger partial charge in [0.1, 0.15) is 11.1 Å². The molecule has 0 radical (unpaired) electrons. The van der Waals surface area contributed by atoms with E-state index in [4.69, 9.17) is 10.00 Å². The first kappa shape index (κ1) is 15.2. The predicted molar refractivity (Wildman–Crippen MR) is 70.6 cm³/mol. The van der Waals surface area contributed by atoms with Crippen LogP contribution in [0.2, 0.25) is 0 Å². The van der Waals surface area contributed by atoms with Gasteiger partial charge in [0, 0.05) is 5.69 Å². The van der Waals surface area contributed by atoms with E-state index in [2.05, 4.69) is 4.98 Å². The van der Waals surface area contributed by atoms with Crippen molar-refractivity contribution in [2.75, 3.05) is 6.61 Å². The zero-order valence-electron chi connectivity index (χ0n) is 11.0. The fourth-order valence-electron chi connectivity index (χ4n) is 1.33. The highest BCUT2D eigenvalue weighted by atomic mass is 32.2. The zero-order chi connectivity index (χ0) is 14.4. The van der Waals surface area contributed by atoms with Gasteiger partial charge in [-0.1, -0.05) is 11.8 Å². The highest BCUT2D eigenvalue weighted by molar-refractivity contribution is 8.01. The molecule has 0 bridgehead atoms. The van der Waals surface area contributed by atoms with Crippen molar-refractivity contribution < 1.29 is 14.3 Å². The van der Waals surface area contributed by atoms with Gasteiger partial charge >= 0.3 is 5.97 Å². The molecule has 1 heterocycles. The van der Waals surface area contributed by atoms with Crippen molar-refractivity contribution in [2.24, 2.45) is 0 Å². The summed E-state index contributed by atoms with van der Waals surface area (Å²) in [6, 6.07) is 5.31. The van der Waals surface area contributed by atoms with Gasteiger partial charge in [-0.15, -0.1) is 0 Å². The largest absolute Gasteiger partial charge is 0.465 e. The summed E-state index contributed by atoms with van der Waals surface area (Å²) in [5, 5.41) is 8.38. The number of esters is 1. The number of aromatic nitrogens is 1. The van der Waals surface area contributed by atoms with Gasteiger partial charge < -0.3 is 4.74 Å². The van der Waals surface area contributed by atoms with Crippen LogP contribution >= 0.6 is 11.8 Å². The standard InChI is InChI=1S/C13H14N2O3S/c1-4-18-13(17)11(9(3)16)19-12-10(7-14)6-5-8(2)15-12/h5-6,11H,4H2,1-3H3/t11-/m1/s1. The lowest BCUT2D eigenvalue weighted by Gasteiger charge is -2.12. The molecular weight excluding hydrogens is 264 g/mol. The van der Waals surface area contributed by atoms with Crippen LogP contribution in [0.3, 0.4) is 0 Å². The summed E-state index contributed by atoms with van der Waals surface area (Å²) in [6.07, 6.45) is 0. The van der Waals surface area contributed by atoms with E-state index in [-0.39, 0.29) is 12.4 Å². The Bertz CT molecular complexity index is 537. The summed E-state index contributed by atoms with van der Waals surface area (Å²) in [5.74, 6) is -0.928. The summed E-state index contributed by atoms with van der Waals surface area (Å²) in [4.78, 5) is 27.4. The zero-order valence-corrected chi connectivity index (χ0v) is 11.8. The number of carbonyl (C=O) groups excluding carboxylic acids is 2. The van der Waals surface area contributed by atoms with E-state index >= 15 is 0 Å². The van der Waals surface area contributed by atoms with Crippen LogP contribution in [0.25, 0.3) is 0 Å². The summed E-state index contributed by atoms with van der Waals surface area (Å²) in [6.45, 7) is 4.97. The Balaban J connectivity index is 3.03. The van der Waals surface area contributed by atoms with E-state index in [0.29, 0.717) is 16.3 Å². The number of hydrogen-bond donors (Lipinski definition) is 0. The number of aryl methyl sites for hydroxylation is 1. The minimum absolute atomic E-state index is 0.204. The van der Waals surface area contributed by atoms with E-state index in [9.17, 15) is 9.59 Å². The van der Waals surface area contributed by atoms with E-state index in [1.54, 1.807) is 26.0 Å². The van der Waals surface area contributed by atoms with Gasteiger partial charge in [-0.05, 0) is 32.9 Å². The molecule has 0 amide bonds. The summed E-state index contributed by atoms with van der Waals surface area (Å²) in [5.41, 5.74) is 1.05. The highest BCUT2D eigenvalue weighted by Crippen LogP contribution is 2.26. The summed E-state index contributed by atoms with van der Waals surface area (Å²) < 4.78 is 4.85. The minimum atomic E-state index is -0.985. The van der Waals surface area contributed by atoms with E-state index in [1.807, 2.05) is 6.07 Å². The van der Waals surface area contributed by atoms with Crippen molar-refractivity contribution in [1.29, 1.82) is 5.26 Å². The Hall–Kier alpha value is -1.87. The Morgan fingerprint density at radius 3 is 2.74 bits per heavy atom. The number of pyridine rings is 1. The third kappa shape index (κ3) is 4.07. The van der Waals surface area contributed by atoms with Crippen molar-refractivity contribution in [2.45, 2.75) is 31.0 Å². The monoisotopic (exact) mass is 278 g/mol. The Morgan fingerprint density at radius 2 is 2.21 bits per heavy atom. The van der Waals surface area contributed by atoms with Gasteiger partial charge in [0.25, 0.3) is 0 Å². The second-order valence-corrected chi connectivity index (χ2v) is 4.87. The van der Waals surface area contributed by atoms with Gasteiger partial charge in [0.05, 0.1) is 12.2 Å². The first-order valence-electron chi connectivity index (χ1n) is 5.71. The Kier molecular flexibility index (Phi) is 5.52. The maximum Gasteiger partial charge on any atom is 0.327 e. The lowest BCUT2D eigenvalue weighted by atomic mass is 10.3. The van der Waals surface area contributed by atoms with Crippen LogP contribution in [-0.4, -0.2) is 28.6 Å². The molecule has 0 saturated heterocycles. The molecule has 0 unspecified atom stereocenters.